The van der Waals surface area contributed by atoms with E-state index in [0.29, 0.717) is 12.1 Å². The number of hydrogen-bond donors (Lipinski definition) is 0. The van der Waals surface area contributed by atoms with Gasteiger partial charge in [-0.2, -0.15) is 0 Å². The van der Waals surface area contributed by atoms with E-state index in [1.165, 1.54) is 6.92 Å². The molecule has 3 heteroatoms. The fourth-order valence-corrected chi connectivity index (χ4v) is 1.17. The molecule has 0 saturated heterocycles. The topological polar surface area (TPSA) is 47.0 Å². The van der Waals surface area contributed by atoms with Gasteiger partial charge in [-0.1, -0.05) is 6.07 Å². The van der Waals surface area contributed by atoms with Crippen LogP contribution < -0.4 is 0 Å². The maximum atomic E-state index is 10.9. The molecule has 0 saturated carbocycles. The van der Waals surface area contributed by atoms with Gasteiger partial charge in [0.2, 0.25) is 0 Å². The van der Waals surface area contributed by atoms with Gasteiger partial charge in [-0.05, 0) is 24.5 Å². The Morgan fingerprint density at radius 1 is 1.50 bits per heavy atom. The van der Waals surface area contributed by atoms with Gasteiger partial charge >= 0.3 is 0 Å². The number of carbonyl (C=O) groups is 2. The van der Waals surface area contributed by atoms with Crippen LogP contribution >= 0.6 is 0 Å². The summed E-state index contributed by atoms with van der Waals surface area (Å²) in [5.41, 5.74) is 1.56. The second-order valence-corrected chi connectivity index (χ2v) is 3.17. The average molecular weight is 191 g/mol. The lowest BCUT2D eigenvalue weighted by atomic mass is 10.1. The highest BCUT2D eigenvalue weighted by atomic mass is 16.1. The van der Waals surface area contributed by atoms with Crippen LogP contribution in [0.15, 0.2) is 18.3 Å². The van der Waals surface area contributed by atoms with Crippen LogP contribution in [0.25, 0.3) is 0 Å². The highest BCUT2D eigenvalue weighted by molar-refractivity contribution is 5.91. The van der Waals surface area contributed by atoms with Crippen molar-refractivity contribution in [1.82, 2.24) is 4.98 Å². The Balaban J connectivity index is 2.55. The molecule has 0 aliphatic heterocycles. The quantitative estimate of drug-likeness (QED) is 0.405. The van der Waals surface area contributed by atoms with Gasteiger partial charge in [-0.3, -0.25) is 9.78 Å². The number of carbonyl (C=O) groups excluding carboxylic acids is 2. The molecule has 0 aliphatic carbocycles. The van der Waals surface area contributed by atoms with Crippen LogP contribution in [0.4, 0.5) is 0 Å². The number of Topliss-reactive ketones (excluding diaryl/α,β-unsaturated/α-hetero) is 1. The molecule has 1 rings (SSSR count). The van der Waals surface area contributed by atoms with E-state index < -0.39 is 0 Å². The summed E-state index contributed by atoms with van der Waals surface area (Å²) in [4.78, 5) is 25.0. The van der Waals surface area contributed by atoms with Gasteiger partial charge in [-0.25, -0.2) is 0 Å². The summed E-state index contributed by atoms with van der Waals surface area (Å²) in [7, 11) is 0. The van der Waals surface area contributed by atoms with E-state index in [2.05, 4.69) is 4.98 Å². The first-order valence-electron chi connectivity index (χ1n) is 4.63. The van der Waals surface area contributed by atoms with Crippen molar-refractivity contribution in [3.05, 3.63) is 29.6 Å². The molecule has 0 N–H and O–H groups in total. The van der Waals surface area contributed by atoms with Crippen LogP contribution in [-0.4, -0.2) is 17.1 Å². The lowest BCUT2D eigenvalue weighted by Crippen LogP contribution is -1.97. The summed E-state index contributed by atoms with van der Waals surface area (Å²) >= 11 is 0. The summed E-state index contributed by atoms with van der Waals surface area (Å²) < 4.78 is 0. The lowest BCUT2D eigenvalue weighted by molar-refractivity contribution is -0.107. The Kier molecular flexibility index (Phi) is 3.98. The van der Waals surface area contributed by atoms with Crippen LogP contribution in [-0.2, 0) is 11.2 Å². The van der Waals surface area contributed by atoms with Gasteiger partial charge in [0, 0.05) is 19.5 Å². The third kappa shape index (κ3) is 3.09. The third-order valence-corrected chi connectivity index (χ3v) is 1.97. The Bertz CT molecular complexity index is 317. The number of nitrogens with zero attached hydrogens (tertiary/aromatic N) is 1. The van der Waals surface area contributed by atoms with Crippen molar-refractivity contribution < 1.29 is 9.59 Å². The summed E-state index contributed by atoms with van der Waals surface area (Å²) in [6.07, 6.45) is 4.86. The van der Waals surface area contributed by atoms with E-state index in [0.717, 1.165) is 24.7 Å². The van der Waals surface area contributed by atoms with Crippen molar-refractivity contribution >= 4 is 12.1 Å². The monoisotopic (exact) mass is 191 g/mol. The van der Waals surface area contributed by atoms with Crippen LogP contribution in [0.2, 0.25) is 0 Å². The maximum absolute atomic E-state index is 10.9. The van der Waals surface area contributed by atoms with E-state index in [4.69, 9.17) is 0 Å². The van der Waals surface area contributed by atoms with E-state index in [-0.39, 0.29) is 5.78 Å². The number of pyridine rings is 1. The third-order valence-electron chi connectivity index (χ3n) is 1.97. The minimum absolute atomic E-state index is 0.0237. The van der Waals surface area contributed by atoms with Gasteiger partial charge in [0.05, 0.1) is 0 Å². The normalized spacial score (nSPS) is 9.79. The van der Waals surface area contributed by atoms with Crippen LogP contribution in [0.3, 0.4) is 0 Å². The zero-order chi connectivity index (χ0) is 10.4. The predicted molar refractivity (Wildman–Crippen MR) is 53.2 cm³/mol. The minimum Gasteiger partial charge on any atom is -0.303 e. The van der Waals surface area contributed by atoms with Crippen LogP contribution in [0.1, 0.15) is 35.8 Å². The summed E-state index contributed by atoms with van der Waals surface area (Å²) in [5, 5.41) is 0. The van der Waals surface area contributed by atoms with Crippen LogP contribution in [0, 0.1) is 0 Å². The molecule has 0 unspecified atom stereocenters. The van der Waals surface area contributed by atoms with E-state index in [1.807, 2.05) is 6.07 Å². The summed E-state index contributed by atoms with van der Waals surface area (Å²) in [5.74, 6) is -0.0237. The molecule has 0 aromatic carbocycles. The number of hydrogen-bond acceptors (Lipinski definition) is 3. The zero-order valence-electron chi connectivity index (χ0n) is 8.19. The fourth-order valence-electron chi connectivity index (χ4n) is 1.17. The highest BCUT2D eigenvalue weighted by Crippen LogP contribution is 2.04. The second kappa shape index (κ2) is 5.27. The van der Waals surface area contributed by atoms with Crippen molar-refractivity contribution in [2.75, 3.05) is 0 Å². The van der Waals surface area contributed by atoms with E-state index >= 15 is 0 Å². The number of aromatic nitrogens is 1. The average Bonchev–Trinajstić information content (AvgIpc) is 2.19. The first kappa shape index (κ1) is 10.6. The molecule has 0 amide bonds. The SMILES string of the molecule is CC(=O)c1ccc(CCCC=O)cn1. The van der Waals surface area contributed by atoms with Crippen molar-refractivity contribution in [2.24, 2.45) is 0 Å². The zero-order valence-corrected chi connectivity index (χ0v) is 8.19. The molecule has 1 aromatic rings. The van der Waals surface area contributed by atoms with Gasteiger partial charge in [0.25, 0.3) is 0 Å². The molecule has 1 aromatic heterocycles. The van der Waals surface area contributed by atoms with Crippen molar-refractivity contribution in [1.29, 1.82) is 0 Å². The molecule has 0 aliphatic rings. The molecule has 0 radical (unpaired) electrons. The largest absolute Gasteiger partial charge is 0.303 e. The fraction of sp³-hybridized carbons (Fsp3) is 0.364. The molecule has 0 spiro atoms. The molecule has 14 heavy (non-hydrogen) atoms. The second-order valence-electron chi connectivity index (χ2n) is 3.17. The van der Waals surface area contributed by atoms with Gasteiger partial charge in [0.1, 0.15) is 12.0 Å². The van der Waals surface area contributed by atoms with Crippen molar-refractivity contribution in [3.63, 3.8) is 0 Å². The van der Waals surface area contributed by atoms with E-state index in [1.54, 1.807) is 12.3 Å². The molecule has 0 bridgehead atoms. The van der Waals surface area contributed by atoms with Crippen molar-refractivity contribution in [2.45, 2.75) is 26.2 Å². The smallest absolute Gasteiger partial charge is 0.178 e. The number of unbranched alkanes of at least 4 members (excludes halogenated alkanes) is 1. The van der Waals surface area contributed by atoms with Gasteiger partial charge < -0.3 is 4.79 Å². The first-order valence-corrected chi connectivity index (χ1v) is 4.63. The van der Waals surface area contributed by atoms with E-state index in [9.17, 15) is 9.59 Å². The molecule has 0 atom stereocenters. The predicted octanol–water partition coefficient (Wildman–Crippen LogP) is 1.81. The molecule has 74 valence electrons. The number of rotatable bonds is 5. The molecular weight excluding hydrogens is 178 g/mol. The number of ketones is 1. The lowest BCUT2D eigenvalue weighted by Gasteiger charge is -1.99. The maximum Gasteiger partial charge on any atom is 0.178 e. The highest BCUT2D eigenvalue weighted by Gasteiger charge is 2.00. The number of aldehydes is 1. The van der Waals surface area contributed by atoms with Crippen LogP contribution in [0.5, 0.6) is 0 Å². The standard InChI is InChI=1S/C11H13NO2/c1-9(14)11-6-5-10(8-12-11)4-2-3-7-13/h5-8H,2-4H2,1H3. The minimum atomic E-state index is -0.0237. The Morgan fingerprint density at radius 3 is 2.79 bits per heavy atom. The molecular formula is C11H13NO2. The van der Waals surface area contributed by atoms with Gasteiger partial charge in [-0.15, -0.1) is 0 Å². The Hall–Kier alpha value is -1.51. The Morgan fingerprint density at radius 2 is 2.29 bits per heavy atom. The summed E-state index contributed by atoms with van der Waals surface area (Å²) in [6.45, 7) is 1.49. The first-order chi connectivity index (χ1) is 6.74. The molecule has 3 nitrogen and oxygen atoms in total. The Labute approximate surface area is 83.2 Å². The summed E-state index contributed by atoms with van der Waals surface area (Å²) in [6, 6.07) is 3.60. The van der Waals surface area contributed by atoms with Gasteiger partial charge in [0.15, 0.2) is 5.78 Å². The van der Waals surface area contributed by atoms with Crippen molar-refractivity contribution in [3.8, 4) is 0 Å². The molecule has 1 heterocycles. The number of aryl methyl sites for hydroxylation is 1. The molecule has 0 fully saturated rings.